The van der Waals surface area contributed by atoms with Crippen molar-refractivity contribution in [3.05, 3.63) is 78.0 Å². The van der Waals surface area contributed by atoms with Crippen molar-refractivity contribution in [2.45, 2.75) is 38.6 Å². The highest BCUT2D eigenvalue weighted by Gasteiger charge is 2.27. The summed E-state index contributed by atoms with van der Waals surface area (Å²) >= 11 is 0. The molecule has 1 aliphatic heterocycles. The molecule has 0 spiro atoms. The Bertz CT molecular complexity index is 1420. The van der Waals surface area contributed by atoms with E-state index in [0.717, 1.165) is 41.0 Å². The van der Waals surface area contributed by atoms with Crippen molar-refractivity contribution < 1.29 is 13.9 Å². The van der Waals surface area contributed by atoms with E-state index in [1.54, 1.807) is 31.0 Å². The highest BCUT2D eigenvalue weighted by atomic mass is 19.1. The lowest BCUT2D eigenvalue weighted by atomic mass is 10.1. The third-order valence-corrected chi connectivity index (χ3v) is 6.56. The molecule has 2 aliphatic rings. The second kappa shape index (κ2) is 7.83. The number of nitrogens with one attached hydrogen (secondary N) is 1. The van der Waals surface area contributed by atoms with Crippen LogP contribution < -0.4 is 10.1 Å². The summed E-state index contributed by atoms with van der Waals surface area (Å²) in [6, 6.07) is 8.59. The van der Waals surface area contributed by atoms with Crippen molar-refractivity contribution in [2.24, 2.45) is 0 Å². The van der Waals surface area contributed by atoms with Gasteiger partial charge in [-0.1, -0.05) is 6.07 Å². The van der Waals surface area contributed by atoms with Crippen molar-refractivity contribution in [2.75, 3.05) is 11.9 Å². The average Bonchev–Trinajstić information content (AvgIpc) is 3.38. The lowest BCUT2D eigenvalue weighted by Gasteiger charge is -2.15. The zero-order valence-electron chi connectivity index (χ0n) is 19.0. The Morgan fingerprint density at radius 3 is 2.91 bits per heavy atom. The number of benzene rings is 2. The molecule has 4 aromatic rings. The van der Waals surface area contributed by atoms with Crippen LogP contribution in [-0.4, -0.2) is 31.6 Å². The van der Waals surface area contributed by atoms with E-state index >= 15 is 0 Å². The summed E-state index contributed by atoms with van der Waals surface area (Å²) in [5.41, 5.74) is 4.69. The van der Waals surface area contributed by atoms with Gasteiger partial charge in [0.15, 0.2) is 5.75 Å². The Morgan fingerprint density at radius 1 is 1.24 bits per heavy atom. The molecule has 1 aliphatic carbocycles. The maximum Gasteiger partial charge on any atom is 0.258 e. The Hall–Kier alpha value is -3.94. The molecule has 0 saturated heterocycles. The first-order chi connectivity index (χ1) is 16.5. The van der Waals surface area contributed by atoms with Crippen molar-refractivity contribution in [1.29, 1.82) is 0 Å². The van der Waals surface area contributed by atoms with Crippen LogP contribution in [-0.2, 0) is 0 Å². The van der Waals surface area contributed by atoms with E-state index in [-0.39, 0.29) is 11.6 Å². The van der Waals surface area contributed by atoms with E-state index in [2.05, 4.69) is 15.3 Å². The number of carbonyl (C=O) groups is 1. The lowest BCUT2D eigenvalue weighted by molar-refractivity contribution is 0.102. The van der Waals surface area contributed by atoms with Crippen molar-refractivity contribution in [3.8, 4) is 22.7 Å². The summed E-state index contributed by atoms with van der Waals surface area (Å²) < 4.78 is 24.9. The largest absolute Gasteiger partial charge is 0.489 e. The summed E-state index contributed by atoms with van der Waals surface area (Å²) in [4.78, 5) is 22.0. The molecular formula is C26H24FN5O2. The zero-order valence-corrected chi connectivity index (χ0v) is 19.0. The lowest BCUT2D eigenvalue weighted by Crippen LogP contribution is -2.16. The Balaban J connectivity index is 1.34. The van der Waals surface area contributed by atoms with Crippen LogP contribution >= 0.6 is 0 Å². The fourth-order valence-corrected chi connectivity index (χ4v) is 4.50. The maximum atomic E-state index is 14.9. The molecule has 1 N–H and O–H groups in total. The number of aromatic nitrogens is 4. The summed E-state index contributed by atoms with van der Waals surface area (Å²) in [7, 11) is 0. The number of para-hydroxylation sites is 1. The van der Waals surface area contributed by atoms with Crippen molar-refractivity contribution in [1.82, 2.24) is 19.1 Å². The third-order valence-electron chi connectivity index (χ3n) is 6.56. The van der Waals surface area contributed by atoms with Gasteiger partial charge in [0.05, 0.1) is 53.2 Å². The second-order valence-electron chi connectivity index (χ2n) is 9.08. The number of imidazole rings is 2. The standard InChI is InChI=1S/C26H24FN5O2/c1-15-8-20(27)19(9-23(15)31-11-22(29-14-31)17-6-7-17)26(33)30-21-5-3-4-18-24-10-28-13-32(24)16(2)12-34-25(18)21/h3-5,8-11,13-14,16-17H,6-7,12H2,1-2H3,(H,30,33)/t16-/m0/s1. The first-order valence-corrected chi connectivity index (χ1v) is 11.4. The number of ether oxygens (including phenoxy) is 1. The van der Waals surface area contributed by atoms with Crippen LogP contribution in [0, 0.1) is 12.7 Å². The van der Waals surface area contributed by atoms with E-state index < -0.39 is 11.7 Å². The van der Waals surface area contributed by atoms with Crippen LogP contribution in [0.2, 0.25) is 0 Å². The van der Waals surface area contributed by atoms with Gasteiger partial charge in [-0.25, -0.2) is 14.4 Å². The molecule has 1 atom stereocenters. The summed E-state index contributed by atoms with van der Waals surface area (Å²) in [6.07, 6.45) is 9.55. The minimum Gasteiger partial charge on any atom is -0.489 e. The maximum absolute atomic E-state index is 14.9. The van der Waals surface area contributed by atoms with Crippen molar-refractivity contribution in [3.63, 3.8) is 0 Å². The van der Waals surface area contributed by atoms with Crippen LogP contribution in [0.1, 0.15) is 53.3 Å². The number of nitrogens with zero attached hydrogens (tertiary/aromatic N) is 4. The third kappa shape index (κ3) is 3.46. The number of hydrogen-bond acceptors (Lipinski definition) is 4. The van der Waals surface area contributed by atoms with Crippen molar-refractivity contribution >= 4 is 11.6 Å². The van der Waals surface area contributed by atoms with Gasteiger partial charge in [0, 0.05) is 17.7 Å². The number of carbonyl (C=O) groups excluding carboxylic acids is 1. The monoisotopic (exact) mass is 457 g/mol. The first kappa shape index (κ1) is 20.7. The molecule has 0 unspecified atom stereocenters. The smallest absolute Gasteiger partial charge is 0.258 e. The Labute approximate surface area is 196 Å². The number of amides is 1. The van der Waals surface area contributed by atoms with Gasteiger partial charge in [0.1, 0.15) is 12.4 Å². The molecule has 3 heterocycles. The number of aryl methyl sites for hydroxylation is 1. The molecule has 8 heteroatoms. The van der Waals surface area contributed by atoms with Gasteiger partial charge in [-0.05, 0) is 56.5 Å². The minimum atomic E-state index is -0.573. The van der Waals surface area contributed by atoms with Gasteiger partial charge in [-0.15, -0.1) is 0 Å². The second-order valence-corrected chi connectivity index (χ2v) is 9.08. The summed E-state index contributed by atoms with van der Waals surface area (Å²) in [5, 5.41) is 2.87. The average molecular weight is 458 g/mol. The molecule has 6 rings (SSSR count). The topological polar surface area (TPSA) is 74.0 Å². The Kier molecular flexibility index (Phi) is 4.76. The van der Waals surface area contributed by atoms with Crippen LogP contribution in [0.4, 0.5) is 10.1 Å². The van der Waals surface area contributed by atoms with Gasteiger partial charge >= 0.3 is 0 Å². The molecule has 1 fully saturated rings. The summed E-state index contributed by atoms with van der Waals surface area (Å²) in [5.74, 6) is -0.0458. The summed E-state index contributed by atoms with van der Waals surface area (Å²) in [6.45, 7) is 4.30. The molecule has 7 nitrogen and oxygen atoms in total. The fourth-order valence-electron chi connectivity index (χ4n) is 4.50. The molecule has 0 radical (unpaired) electrons. The van der Waals surface area contributed by atoms with Gasteiger partial charge in [0.25, 0.3) is 5.91 Å². The number of hydrogen-bond donors (Lipinski definition) is 1. The predicted octanol–water partition coefficient (Wildman–Crippen LogP) is 5.27. The van der Waals surface area contributed by atoms with E-state index in [0.29, 0.717) is 24.0 Å². The molecular weight excluding hydrogens is 433 g/mol. The molecule has 1 amide bonds. The van der Waals surface area contributed by atoms with Crippen LogP contribution in [0.3, 0.4) is 0 Å². The van der Waals surface area contributed by atoms with Gasteiger partial charge < -0.3 is 19.2 Å². The van der Waals surface area contributed by atoms with E-state index in [1.165, 1.54) is 6.07 Å². The fraction of sp³-hybridized carbons (Fsp3) is 0.269. The molecule has 2 aromatic heterocycles. The molecule has 34 heavy (non-hydrogen) atoms. The van der Waals surface area contributed by atoms with Gasteiger partial charge in [-0.2, -0.15) is 0 Å². The van der Waals surface area contributed by atoms with Gasteiger partial charge in [-0.3, -0.25) is 4.79 Å². The number of fused-ring (bicyclic) bond motifs is 3. The van der Waals surface area contributed by atoms with E-state index in [4.69, 9.17) is 4.74 Å². The highest BCUT2D eigenvalue weighted by Crippen LogP contribution is 2.41. The van der Waals surface area contributed by atoms with E-state index in [1.807, 2.05) is 41.3 Å². The highest BCUT2D eigenvalue weighted by molar-refractivity contribution is 6.06. The predicted molar refractivity (Wildman–Crippen MR) is 126 cm³/mol. The Morgan fingerprint density at radius 2 is 2.09 bits per heavy atom. The number of anilines is 1. The number of halogens is 1. The molecule has 172 valence electrons. The zero-order chi connectivity index (χ0) is 23.4. The van der Waals surface area contributed by atoms with Crippen LogP contribution in [0.5, 0.6) is 5.75 Å². The normalized spacial score (nSPS) is 16.9. The SMILES string of the molecule is Cc1cc(F)c(C(=O)Nc2cccc3c2OC[C@H](C)n2cncc2-3)cc1-n1cnc(C2CC2)c1. The first-order valence-electron chi connectivity index (χ1n) is 11.4. The van der Waals surface area contributed by atoms with Crippen LogP contribution in [0.15, 0.2) is 55.4 Å². The number of rotatable bonds is 4. The molecule has 1 saturated carbocycles. The molecule has 2 aromatic carbocycles. The minimum absolute atomic E-state index is 0.0353. The van der Waals surface area contributed by atoms with Gasteiger partial charge in [0.2, 0.25) is 0 Å². The quantitative estimate of drug-likeness (QED) is 0.453. The van der Waals surface area contributed by atoms with Crippen LogP contribution in [0.25, 0.3) is 16.9 Å². The molecule has 0 bridgehead atoms. The van der Waals surface area contributed by atoms with E-state index in [9.17, 15) is 9.18 Å².